The van der Waals surface area contributed by atoms with Crippen LogP contribution in [0.3, 0.4) is 0 Å². The third-order valence-electron chi connectivity index (χ3n) is 6.34. The van der Waals surface area contributed by atoms with Crippen LogP contribution < -0.4 is 5.32 Å². The predicted octanol–water partition coefficient (Wildman–Crippen LogP) is 4.00. The lowest BCUT2D eigenvalue weighted by Gasteiger charge is -2.31. The van der Waals surface area contributed by atoms with Crippen LogP contribution in [0, 0.1) is 17.3 Å². The number of hydrogen-bond donors (Lipinski definition) is 1. The molecule has 0 radical (unpaired) electrons. The molecule has 3 fully saturated rings. The first-order chi connectivity index (χ1) is 10.4. The van der Waals surface area contributed by atoms with E-state index in [1.807, 2.05) is 0 Å². The van der Waals surface area contributed by atoms with E-state index in [9.17, 15) is 4.79 Å². The average molecular weight is 343 g/mol. The van der Waals surface area contributed by atoms with Gasteiger partial charge in [0.1, 0.15) is 0 Å². The van der Waals surface area contributed by atoms with Crippen molar-refractivity contribution in [3.8, 4) is 0 Å². The van der Waals surface area contributed by atoms with Gasteiger partial charge in [-0.15, -0.1) is 12.4 Å². The number of nitrogens with zero attached hydrogens (tertiary/aromatic N) is 1. The molecule has 1 N–H and O–H groups in total. The minimum atomic E-state index is 0. The Labute approximate surface area is 148 Å². The molecule has 0 aromatic rings. The summed E-state index contributed by atoms with van der Waals surface area (Å²) in [5, 5.41) is 3.68. The Bertz CT molecular complexity index is 395. The molecule has 0 spiro atoms. The smallest absolute Gasteiger partial charge is 0.222 e. The van der Waals surface area contributed by atoms with E-state index in [1.54, 1.807) is 0 Å². The third-order valence-corrected chi connectivity index (χ3v) is 6.34. The van der Waals surface area contributed by atoms with Gasteiger partial charge in [-0.05, 0) is 62.2 Å². The van der Waals surface area contributed by atoms with Gasteiger partial charge in [-0.1, -0.05) is 20.8 Å². The van der Waals surface area contributed by atoms with Crippen LogP contribution in [0.1, 0.15) is 72.1 Å². The minimum absolute atomic E-state index is 0. The molecule has 3 atom stereocenters. The maximum absolute atomic E-state index is 12.7. The highest BCUT2D eigenvalue weighted by Gasteiger charge is 2.35. The van der Waals surface area contributed by atoms with E-state index in [0.717, 1.165) is 25.4 Å². The maximum Gasteiger partial charge on any atom is 0.222 e. The number of nitrogens with one attached hydrogen (secondary N) is 1. The van der Waals surface area contributed by atoms with Crippen LogP contribution in [0.2, 0.25) is 0 Å². The fourth-order valence-electron chi connectivity index (χ4n) is 4.93. The molecule has 3 aliphatic heterocycles. The zero-order valence-corrected chi connectivity index (χ0v) is 16.0. The Hall–Kier alpha value is -0.280. The number of halogens is 1. The quantitative estimate of drug-likeness (QED) is 0.822. The van der Waals surface area contributed by atoms with Crippen molar-refractivity contribution < 1.29 is 4.79 Å². The molecule has 0 aromatic carbocycles. The molecule has 3 nitrogen and oxygen atoms in total. The zero-order chi connectivity index (χ0) is 15.7. The first kappa shape index (κ1) is 19.1. The lowest BCUT2D eigenvalue weighted by atomic mass is 9.77. The Kier molecular flexibility index (Phi) is 6.41. The Morgan fingerprint density at radius 1 is 1.04 bits per heavy atom. The Morgan fingerprint density at radius 3 is 2.30 bits per heavy atom. The largest absolute Gasteiger partial charge is 0.343 e. The number of hydrogen-bond acceptors (Lipinski definition) is 2. The molecule has 2 bridgehead atoms. The molecule has 134 valence electrons. The van der Waals surface area contributed by atoms with Gasteiger partial charge >= 0.3 is 0 Å². The van der Waals surface area contributed by atoms with Crippen molar-refractivity contribution >= 4 is 18.3 Å². The van der Waals surface area contributed by atoms with Crippen molar-refractivity contribution in [3.63, 3.8) is 0 Å². The van der Waals surface area contributed by atoms with Crippen LogP contribution in [0.15, 0.2) is 0 Å². The maximum atomic E-state index is 12.7. The van der Waals surface area contributed by atoms with E-state index in [1.165, 1.54) is 44.9 Å². The van der Waals surface area contributed by atoms with Gasteiger partial charge in [0.25, 0.3) is 0 Å². The summed E-state index contributed by atoms with van der Waals surface area (Å²) in [5.41, 5.74) is 0.382. The minimum Gasteiger partial charge on any atom is -0.343 e. The van der Waals surface area contributed by atoms with Gasteiger partial charge in [-0.2, -0.15) is 0 Å². The van der Waals surface area contributed by atoms with Crippen LogP contribution in [0.5, 0.6) is 0 Å². The van der Waals surface area contributed by atoms with Crippen molar-refractivity contribution in [2.24, 2.45) is 17.3 Å². The zero-order valence-electron chi connectivity index (χ0n) is 15.1. The molecular formula is C19H35ClN2O. The molecule has 3 aliphatic rings. The molecule has 3 unspecified atom stereocenters. The fourth-order valence-corrected chi connectivity index (χ4v) is 4.93. The Morgan fingerprint density at radius 2 is 1.70 bits per heavy atom. The summed E-state index contributed by atoms with van der Waals surface area (Å²) in [6.07, 6.45) is 9.55. The number of carbonyl (C=O) groups excluding carboxylic acids is 1. The highest BCUT2D eigenvalue weighted by molar-refractivity contribution is 5.85. The van der Waals surface area contributed by atoms with E-state index < -0.39 is 0 Å². The standard InChI is InChI=1S/C19H34N2O.ClH/c1-19(2,3)15-5-4-9-21(10-8-15)18(22)13-14-11-16-6-7-17(12-14)20-16;/h14-17,20H,4-13H2,1-3H3;1H. The number of likely N-dealkylation sites (tertiary alicyclic amines) is 1. The van der Waals surface area contributed by atoms with Gasteiger partial charge in [0.2, 0.25) is 5.91 Å². The summed E-state index contributed by atoms with van der Waals surface area (Å²) in [6, 6.07) is 1.40. The number of rotatable bonds is 2. The lowest BCUT2D eigenvalue weighted by molar-refractivity contribution is -0.132. The second-order valence-corrected chi connectivity index (χ2v) is 9.05. The predicted molar refractivity (Wildman–Crippen MR) is 97.9 cm³/mol. The third kappa shape index (κ3) is 4.85. The molecule has 3 saturated heterocycles. The normalized spacial score (nSPS) is 34.7. The topological polar surface area (TPSA) is 32.3 Å². The van der Waals surface area contributed by atoms with Gasteiger partial charge in [0.05, 0.1) is 0 Å². The molecule has 1 amide bonds. The monoisotopic (exact) mass is 342 g/mol. The van der Waals surface area contributed by atoms with E-state index in [2.05, 4.69) is 31.0 Å². The second kappa shape index (κ2) is 7.74. The molecule has 0 aliphatic carbocycles. The number of fused-ring (bicyclic) bond motifs is 2. The van der Waals surface area contributed by atoms with Crippen molar-refractivity contribution in [1.29, 1.82) is 0 Å². The highest BCUT2D eigenvalue weighted by atomic mass is 35.5. The number of carbonyl (C=O) groups is 1. The average Bonchev–Trinajstić information content (AvgIpc) is 2.66. The fraction of sp³-hybridized carbons (Fsp3) is 0.947. The lowest BCUT2D eigenvalue weighted by Crippen LogP contribution is -2.40. The highest BCUT2D eigenvalue weighted by Crippen LogP contribution is 2.35. The van der Waals surface area contributed by atoms with E-state index in [4.69, 9.17) is 0 Å². The first-order valence-electron chi connectivity index (χ1n) is 9.45. The summed E-state index contributed by atoms with van der Waals surface area (Å²) >= 11 is 0. The van der Waals surface area contributed by atoms with Gasteiger partial charge in [0, 0.05) is 31.6 Å². The molecule has 0 saturated carbocycles. The molecule has 0 aromatic heterocycles. The van der Waals surface area contributed by atoms with Crippen molar-refractivity contribution in [2.75, 3.05) is 13.1 Å². The molecule has 23 heavy (non-hydrogen) atoms. The molecular weight excluding hydrogens is 308 g/mol. The van der Waals surface area contributed by atoms with E-state index >= 15 is 0 Å². The summed E-state index contributed by atoms with van der Waals surface area (Å²) in [7, 11) is 0. The summed E-state index contributed by atoms with van der Waals surface area (Å²) < 4.78 is 0. The summed E-state index contributed by atoms with van der Waals surface area (Å²) in [6.45, 7) is 9.02. The first-order valence-corrected chi connectivity index (χ1v) is 9.45. The second-order valence-electron chi connectivity index (χ2n) is 9.05. The van der Waals surface area contributed by atoms with Crippen LogP contribution >= 0.6 is 12.4 Å². The van der Waals surface area contributed by atoms with Crippen LogP contribution in [-0.4, -0.2) is 36.0 Å². The van der Waals surface area contributed by atoms with Gasteiger partial charge < -0.3 is 10.2 Å². The van der Waals surface area contributed by atoms with Gasteiger partial charge in [0.15, 0.2) is 0 Å². The van der Waals surface area contributed by atoms with Gasteiger partial charge in [-0.25, -0.2) is 0 Å². The number of piperidine rings is 1. The summed E-state index contributed by atoms with van der Waals surface area (Å²) in [4.78, 5) is 14.9. The molecule has 3 rings (SSSR count). The van der Waals surface area contributed by atoms with Crippen molar-refractivity contribution in [2.45, 2.75) is 84.2 Å². The number of amides is 1. The van der Waals surface area contributed by atoms with E-state index in [0.29, 0.717) is 29.3 Å². The molecule has 3 heterocycles. The van der Waals surface area contributed by atoms with Crippen LogP contribution in [0.25, 0.3) is 0 Å². The van der Waals surface area contributed by atoms with Crippen molar-refractivity contribution in [3.05, 3.63) is 0 Å². The van der Waals surface area contributed by atoms with Gasteiger partial charge in [-0.3, -0.25) is 4.79 Å². The SMILES string of the molecule is CC(C)(C)C1CCCN(C(=O)CC2CC3CCC(C2)N3)CC1.Cl. The van der Waals surface area contributed by atoms with E-state index in [-0.39, 0.29) is 12.4 Å². The summed E-state index contributed by atoms with van der Waals surface area (Å²) in [5.74, 6) is 1.83. The molecule has 4 heteroatoms. The van der Waals surface area contributed by atoms with Crippen LogP contribution in [0.4, 0.5) is 0 Å². The van der Waals surface area contributed by atoms with Crippen molar-refractivity contribution in [1.82, 2.24) is 10.2 Å². The van der Waals surface area contributed by atoms with Crippen LogP contribution in [-0.2, 0) is 4.79 Å². The Balaban J connectivity index is 0.00000192.